The second-order valence-electron chi connectivity index (χ2n) is 6.33. The molecule has 4 nitrogen and oxygen atoms in total. The van der Waals surface area contributed by atoms with Crippen LogP contribution in [0.3, 0.4) is 0 Å². The summed E-state index contributed by atoms with van der Waals surface area (Å²) in [5.41, 5.74) is 0.905. The number of hydrogen-bond acceptors (Lipinski definition) is 4. The van der Waals surface area contributed by atoms with E-state index in [1.54, 1.807) is 6.07 Å². The number of unbranched alkanes of at least 4 members (excludes halogenated alkanes) is 2. The van der Waals surface area contributed by atoms with Gasteiger partial charge in [0.2, 0.25) is 0 Å². The molecule has 1 atom stereocenters. The Hall–Kier alpha value is -1.44. The summed E-state index contributed by atoms with van der Waals surface area (Å²) in [4.78, 5) is 2.37. The van der Waals surface area contributed by atoms with Crippen molar-refractivity contribution in [2.75, 3.05) is 33.3 Å². The van der Waals surface area contributed by atoms with Crippen LogP contribution in [0.4, 0.5) is 13.2 Å². The van der Waals surface area contributed by atoms with Gasteiger partial charge in [0.15, 0.2) is 0 Å². The fraction of sp³-hybridized carbons (Fsp3) is 0.579. The minimum absolute atomic E-state index is 0. The standard InChI is InChI=1S/C19H27F3N2O2.ClH/c1-3-4-5-6-7-17(24-12-10-23-11-13-24)16-9-8-15(14-18(16)25-2)26-19(20,21)22;/h3,8-9,14,17,23H,1,4-7,10-13H2,2H3;1H/t17-;/m0./s1. The van der Waals surface area contributed by atoms with Gasteiger partial charge in [0.05, 0.1) is 7.11 Å². The Balaban J connectivity index is 0.00000364. The van der Waals surface area contributed by atoms with Gasteiger partial charge < -0.3 is 14.8 Å². The molecule has 1 heterocycles. The number of nitrogens with zero attached hydrogens (tertiary/aromatic N) is 1. The highest BCUT2D eigenvalue weighted by Crippen LogP contribution is 2.37. The van der Waals surface area contributed by atoms with Crippen molar-refractivity contribution in [3.63, 3.8) is 0 Å². The van der Waals surface area contributed by atoms with E-state index >= 15 is 0 Å². The van der Waals surface area contributed by atoms with Crippen LogP contribution in [0.2, 0.25) is 0 Å². The van der Waals surface area contributed by atoms with Crippen LogP contribution in [0.15, 0.2) is 30.9 Å². The first kappa shape index (κ1) is 23.6. The van der Waals surface area contributed by atoms with Gasteiger partial charge in [-0.3, -0.25) is 4.90 Å². The first-order valence-electron chi connectivity index (χ1n) is 8.94. The van der Waals surface area contributed by atoms with Crippen LogP contribution in [0.25, 0.3) is 0 Å². The molecule has 1 saturated heterocycles. The molecular formula is C19H28ClF3N2O2. The lowest BCUT2D eigenvalue weighted by Crippen LogP contribution is -2.45. The first-order valence-corrected chi connectivity index (χ1v) is 8.94. The third kappa shape index (κ3) is 7.60. The summed E-state index contributed by atoms with van der Waals surface area (Å²) in [6.45, 7) is 7.35. The Bertz CT molecular complexity index is 579. The lowest BCUT2D eigenvalue weighted by Gasteiger charge is -2.36. The second-order valence-corrected chi connectivity index (χ2v) is 6.33. The molecule has 0 radical (unpaired) electrons. The summed E-state index contributed by atoms with van der Waals surface area (Å²) in [5.74, 6) is 0.169. The fourth-order valence-corrected chi connectivity index (χ4v) is 3.32. The van der Waals surface area contributed by atoms with E-state index in [4.69, 9.17) is 4.74 Å². The molecule has 0 aliphatic carbocycles. The monoisotopic (exact) mass is 408 g/mol. The highest BCUT2D eigenvalue weighted by molar-refractivity contribution is 5.85. The minimum Gasteiger partial charge on any atom is -0.496 e. The van der Waals surface area contributed by atoms with Crippen LogP contribution in [-0.2, 0) is 0 Å². The van der Waals surface area contributed by atoms with Gasteiger partial charge in [-0.1, -0.05) is 18.6 Å². The SMILES string of the molecule is C=CCCCC[C@@H](c1ccc(OC(F)(F)F)cc1OC)N1CCNCC1.Cl. The van der Waals surface area contributed by atoms with Crippen molar-refractivity contribution in [3.05, 3.63) is 36.4 Å². The van der Waals surface area contributed by atoms with E-state index in [-0.39, 0.29) is 24.2 Å². The molecular weight excluding hydrogens is 381 g/mol. The Morgan fingerprint density at radius 2 is 1.96 bits per heavy atom. The molecule has 1 N–H and O–H groups in total. The number of alkyl halides is 3. The van der Waals surface area contributed by atoms with Gasteiger partial charge in [0, 0.05) is 43.9 Å². The quantitative estimate of drug-likeness (QED) is 0.474. The van der Waals surface area contributed by atoms with E-state index in [2.05, 4.69) is 21.5 Å². The predicted octanol–water partition coefficient (Wildman–Crippen LogP) is 4.71. The number of methoxy groups -OCH3 is 1. The van der Waals surface area contributed by atoms with Crippen LogP contribution in [0.1, 0.15) is 37.3 Å². The molecule has 1 aliphatic heterocycles. The average molecular weight is 409 g/mol. The highest BCUT2D eigenvalue weighted by atomic mass is 35.5. The minimum atomic E-state index is -4.71. The topological polar surface area (TPSA) is 33.7 Å². The van der Waals surface area contributed by atoms with E-state index in [0.717, 1.165) is 57.4 Å². The van der Waals surface area contributed by atoms with Crippen molar-refractivity contribution >= 4 is 12.4 Å². The van der Waals surface area contributed by atoms with Crippen molar-refractivity contribution in [2.24, 2.45) is 0 Å². The number of rotatable bonds is 9. The van der Waals surface area contributed by atoms with Crippen molar-refractivity contribution in [1.82, 2.24) is 10.2 Å². The lowest BCUT2D eigenvalue weighted by molar-refractivity contribution is -0.274. The second kappa shape index (κ2) is 11.4. The zero-order chi connectivity index (χ0) is 19.0. The first-order chi connectivity index (χ1) is 12.4. The van der Waals surface area contributed by atoms with Gasteiger partial charge >= 0.3 is 6.36 Å². The van der Waals surface area contributed by atoms with Gasteiger partial charge in [0.1, 0.15) is 11.5 Å². The average Bonchev–Trinajstić information content (AvgIpc) is 2.61. The van der Waals surface area contributed by atoms with Gasteiger partial charge in [-0.25, -0.2) is 0 Å². The summed E-state index contributed by atoms with van der Waals surface area (Å²) < 4.78 is 46.9. The van der Waals surface area contributed by atoms with E-state index in [1.807, 2.05) is 6.08 Å². The van der Waals surface area contributed by atoms with Gasteiger partial charge in [-0.05, 0) is 25.3 Å². The van der Waals surface area contributed by atoms with Crippen molar-refractivity contribution in [3.8, 4) is 11.5 Å². The van der Waals surface area contributed by atoms with E-state index in [1.165, 1.54) is 19.2 Å². The lowest BCUT2D eigenvalue weighted by atomic mass is 9.97. The number of nitrogens with one attached hydrogen (secondary N) is 1. The van der Waals surface area contributed by atoms with E-state index < -0.39 is 6.36 Å². The van der Waals surface area contributed by atoms with E-state index in [0.29, 0.717) is 5.75 Å². The molecule has 1 aromatic rings. The molecule has 0 aromatic heterocycles. The van der Waals surface area contributed by atoms with E-state index in [9.17, 15) is 13.2 Å². The molecule has 154 valence electrons. The largest absolute Gasteiger partial charge is 0.573 e. The van der Waals surface area contributed by atoms with Crippen molar-refractivity contribution in [2.45, 2.75) is 38.1 Å². The van der Waals surface area contributed by atoms with Crippen LogP contribution in [0, 0.1) is 0 Å². The Morgan fingerprint density at radius 1 is 1.26 bits per heavy atom. The fourth-order valence-electron chi connectivity index (χ4n) is 3.32. The highest BCUT2D eigenvalue weighted by Gasteiger charge is 2.32. The van der Waals surface area contributed by atoms with Crippen LogP contribution in [0.5, 0.6) is 11.5 Å². The summed E-state index contributed by atoms with van der Waals surface area (Å²) in [6.07, 6.45) is 1.14. The number of ether oxygens (including phenoxy) is 2. The van der Waals surface area contributed by atoms with Gasteiger partial charge in [0.25, 0.3) is 0 Å². The maximum absolute atomic E-state index is 12.5. The Kier molecular flexibility index (Phi) is 9.98. The molecule has 0 unspecified atom stereocenters. The molecule has 0 spiro atoms. The van der Waals surface area contributed by atoms with Gasteiger partial charge in [-0.15, -0.1) is 32.2 Å². The molecule has 0 amide bonds. The number of halogens is 4. The molecule has 27 heavy (non-hydrogen) atoms. The molecule has 0 bridgehead atoms. The summed E-state index contributed by atoms with van der Waals surface area (Å²) >= 11 is 0. The molecule has 1 aliphatic rings. The zero-order valence-corrected chi connectivity index (χ0v) is 16.4. The van der Waals surface area contributed by atoms with Crippen LogP contribution in [-0.4, -0.2) is 44.6 Å². The Labute approximate surface area is 165 Å². The summed E-state index contributed by atoms with van der Waals surface area (Å²) in [7, 11) is 1.47. The third-order valence-electron chi connectivity index (χ3n) is 4.53. The van der Waals surface area contributed by atoms with Crippen LogP contribution >= 0.6 is 12.4 Å². The van der Waals surface area contributed by atoms with Crippen LogP contribution < -0.4 is 14.8 Å². The summed E-state index contributed by atoms with van der Waals surface area (Å²) in [5, 5.41) is 3.33. The molecule has 1 aromatic carbocycles. The normalized spacial score (nSPS) is 16.3. The van der Waals surface area contributed by atoms with Crippen molar-refractivity contribution < 1.29 is 22.6 Å². The smallest absolute Gasteiger partial charge is 0.496 e. The molecule has 8 heteroatoms. The maximum atomic E-state index is 12.5. The summed E-state index contributed by atoms with van der Waals surface area (Å²) in [6, 6.07) is 4.49. The number of piperazine rings is 1. The maximum Gasteiger partial charge on any atom is 0.573 e. The van der Waals surface area contributed by atoms with Gasteiger partial charge in [-0.2, -0.15) is 0 Å². The van der Waals surface area contributed by atoms with Crippen molar-refractivity contribution in [1.29, 1.82) is 0 Å². The molecule has 0 saturated carbocycles. The number of benzene rings is 1. The molecule has 2 rings (SSSR count). The number of hydrogen-bond donors (Lipinski definition) is 1. The number of allylic oxidation sites excluding steroid dienone is 1. The Morgan fingerprint density at radius 3 is 2.56 bits per heavy atom. The predicted molar refractivity (Wildman–Crippen MR) is 103 cm³/mol. The third-order valence-corrected chi connectivity index (χ3v) is 4.53. The molecule has 1 fully saturated rings. The zero-order valence-electron chi connectivity index (χ0n) is 15.6.